The van der Waals surface area contributed by atoms with Gasteiger partial charge >= 0.3 is 5.97 Å². The zero-order chi connectivity index (χ0) is 15.3. The maximum Gasteiger partial charge on any atom is 0.305 e. The monoisotopic (exact) mass is 330 g/mol. The minimum absolute atomic E-state index is 0.0196. The lowest BCUT2D eigenvalue weighted by atomic mass is 10.3. The highest BCUT2D eigenvalue weighted by atomic mass is 32.2. The maximum atomic E-state index is 12.0. The lowest BCUT2D eigenvalue weighted by molar-refractivity contribution is -0.137. The Morgan fingerprint density at radius 2 is 2.29 bits per heavy atom. The first-order chi connectivity index (χ1) is 9.97. The zero-order valence-electron chi connectivity index (χ0n) is 11.0. The summed E-state index contributed by atoms with van der Waals surface area (Å²) in [6.07, 6.45) is 2.91. The Morgan fingerprint density at radius 1 is 1.48 bits per heavy atom. The Labute approximate surface area is 125 Å². The van der Waals surface area contributed by atoms with Gasteiger partial charge in [-0.15, -0.1) is 11.3 Å². The Kier molecular flexibility index (Phi) is 5.04. The molecular formula is C11H14N4O4S2. The van der Waals surface area contributed by atoms with Gasteiger partial charge < -0.3 is 5.11 Å². The van der Waals surface area contributed by atoms with Gasteiger partial charge in [0.15, 0.2) is 0 Å². The number of aryl methyl sites for hydroxylation is 1. The van der Waals surface area contributed by atoms with Crippen molar-refractivity contribution in [3.05, 3.63) is 29.0 Å². The van der Waals surface area contributed by atoms with E-state index in [9.17, 15) is 13.2 Å². The smallest absolute Gasteiger partial charge is 0.305 e. The normalized spacial score (nSPS) is 11.6. The highest BCUT2D eigenvalue weighted by Crippen LogP contribution is 2.08. The Bertz CT molecular complexity index is 694. The zero-order valence-corrected chi connectivity index (χ0v) is 12.6. The molecule has 0 bridgehead atoms. The van der Waals surface area contributed by atoms with Crippen LogP contribution in [-0.4, -0.2) is 40.8 Å². The molecule has 114 valence electrons. The van der Waals surface area contributed by atoms with E-state index in [2.05, 4.69) is 14.8 Å². The van der Waals surface area contributed by atoms with E-state index >= 15 is 0 Å². The Hall–Kier alpha value is -1.78. The predicted octanol–water partition coefficient (Wildman–Crippen LogP) is 0.335. The fourth-order valence-electron chi connectivity index (χ4n) is 1.57. The molecule has 0 atom stereocenters. The van der Waals surface area contributed by atoms with Crippen LogP contribution in [0.1, 0.15) is 12.1 Å². The molecule has 2 aromatic heterocycles. The molecule has 8 nitrogen and oxygen atoms in total. The standard InChI is InChI=1S/C11H14N4O4S2/c16-11(17)2-4-15-6-10(5-13-15)21(18,19)14-3-1-9-7-20-8-12-9/h5-8,14H,1-4H2,(H,16,17). The molecule has 0 amide bonds. The fourth-order valence-corrected chi connectivity index (χ4v) is 3.15. The highest BCUT2D eigenvalue weighted by Gasteiger charge is 2.16. The van der Waals surface area contributed by atoms with Gasteiger partial charge in [0.1, 0.15) is 4.90 Å². The van der Waals surface area contributed by atoms with Gasteiger partial charge in [-0.25, -0.2) is 18.1 Å². The van der Waals surface area contributed by atoms with Gasteiger partial charge in [0, 0.05) is 24.5 Å². The van der Waals surface area contributed by atoms with Crippen LogP contribution in [0.15, 0.2) is 28.2 Å². The number of nitrogens with one attached hydrogen (secondary N) is 1. The van der Waals surface area contributed by atoms with Crippen LogP contribution in [0, 0.1) is 0 Å². The molecule has 2 heterocycles. The number of rotatable bonds is 8. The third-order valence-electron chi connectivity index (χ3n) is 2.63. The first-order valence-electron chi connectivity index (χ1n) is 6.08. The molecule has 0 unspecified atom stereocenters. The molecule has 2 rings (SSSR count). The molecule has 0 aliphatic rings. The van der Waals surface area contributed by atoms with E-state index < -0.39 is 16.0 Å². The molecule has 0 aliphatic carbocycles. The van der Waals surface area contributed by atoms with Gasteiger partial charge in [-0.1, -0.05) is 0 Å². The summed E-state index contributed by atoms with van der Waals surface area (Å²) in [5.74, 6) is -0.962. The van der Waals surface area contributed by atoms with E-state index in [4.69, 9.17) is 5.11 Å². The molecule has 0 aliphatic heterocycles. The predicted molar refractivity (Wildman–Crippen MR) is 75.5 cm³/mol. The SMILES string of the molecule is O=C(O)CCn1cc(S(=O)(=O)NCCc2cscn2)cn1. The molecule has 0 saturated heterocycles. The number of carboxylic acids is 1. The van der Waals surface area contributed by atoms with Crippen LogP contribution in [0.4, 0.5) is 0 Å². The minimum Gasteiger partial charge on any atom is -0.481 e. The van der Waals surface area contributed by atoms with Crippen molar-refractivity contribution in [2.45, 2.75) is 24.3 Å². The number of aliphatic carboxylic acids is 1. The second kappa shape index (κ2) is 6.78. The summed E-state index contributed by atoms with van der Waals surface area (Å²) in [6, 6.07) is 0. The third kappa shape index (κ3) is 4.62. The van der Waals surface area contributed by atoms with Crippen molar-refractivity contribution in [2.75, 3.05) is 6.54 Å². The summed E-state index contributed by atoms with van der Waals surface area (Å²) in [6.45, 7) is 0.371. The number of carbonyl (C=O) groups is 1. The van der Waals surface area contributed by atoms with E-state index in [1.807, 2.05) is 5.38 Å². The van der Waals surface area contributed by atoms with Crippen LogP contribution in [0.5, 0.6) is 0 Å². The molecule has 10 heteroatoms. The van der Waals surface area contributed by atoms with E-state index in [0.29, 0.717) is 6.42 Å². The topological polar surface area (TPSA) is 114 Å². The van der Waals surface area contributed by atoms with Gasteiger partial charge in [-0.3, -0.25) is 9.48 Å². The number of nitrogens with zero attached hydrogens (tertiary/aromatic N) is 3. The van der Waals surface area contributed by atoms with Gasteiger partial charge in [0.05, 0.1) is 30.4 Å². The molecule has 0 spiro atoms. The summed E-state index contributed by atoms with van der Waals surface area (Å²) in [5.41, 5.74) is 2.52. The molecule has 2 N–H and O–H groups in total. The Balaban J connectivity index is 1.91. The maximum absolute atomic E-state index is 12.0. The van der Waals surface area contributed by atoms with Crippen LogP contribution in [-0.2, 0) is 27.8 Å². The second-order valence-electron chi connectivity index (χ2n) is 4.21. The number of thiazole rings is 1. The molecule has 0 fully saturated rings. The summed E-state index contributed by atoms with van der Waals surface area (Å²) in [4.78, 5) is 14.5. The lowest BCUT2D eigenvalue weighted by Gasteiger charge is -2.03. The second-order valence-corrected chi connectivity index (χ2v) is 6.70. The summed E-state index contributed by atoms with van der Waals surface area (Å²) in [5, 5.41) is 14.3. The van der Waals surface area contributed by atoms with Crippen molar-refractivity contribution in [1.29, 1.82) is 0 Å². The molecule has 2 aromatic rings. The third-order valence-corrected chi connectivity index (χ3v) is 4.68. The number of hydrogen-bond donors (Lipinski definition) is 2. The highest BCUT2D eigenvalue weighted by molar-refractivity contribution is 7.89. The van der Waals surface area contributed by atoms with E-state index in [-0.39, 0.29) is 24.4 Å². The summed E-state index contributed by atoms with van der Waals surface area (Å²) >= 11 is 1.46. The summed E-state index contributed by atoms with van der Waals surface area (Å²) in [7, 11) is -3.64. The van der Waals surface area contributed by atoms with Gasteiger partial charge in [0.2, 0.25) is 10.0 Å². The van der Waals surface area contributed by atoms with Crippen LogP contribution in [0.2, 0.25) is 0 Å². The lowest BCUT2D eigenvalue weighted by Crippen LogP contribution is -2.25. The minimum atomic E-state index is -3.64. The van der Waals surface area contributed by atoms with Crippen molar-refractivity contribution < 1.29 is 18.3 Å². The molecule has 0 saturated carbocycles. The fraction of sp³-hybridized carbons (Fsp3) is 0.364. The first kappa shape index (κ1) is 15.6. The number of hydrogen-bond acceptors (Lipinski definition) is 6. The largest absolute Gasteiger partial charge is 0.481 e. The summed E-state index contributed by atoms with van der Waals surface area (Å²) < 4.78 is 27.8. The number of sulfonamides is 1. The molecule has 21 heavy (non-hydrogen) atoms. The van der Waals surface area contributed by atoms with Crippen molar-refractivity contribution >= 4 is 27.3 Å². The van der Waals surface area contributed by atoms with Gasteiger partial charge in [-0.2, -0.15) is 5.10 Å². The molecular weight excluding hydrogens is 316 g/mol. The van der Waals surface area contributed by atoms with Gasteiger partial charge in [0.25, 0.3) is 0 Å². The van der Waals surface area contributed by atoms with Crippen LogP contribution in [0.25, 0.3) is 0 Å². The van der Waals surface area contributed by atoms with E-state index in [1.165, 1.54) is 28.4 Å². The van der Waals surface area contributed by atoms with E-state index in [1.54, 1.807) is 5.51 Å². The van der Waals surface area contributed by atoms with Crippen LogP contribution >= 0.6 is 11.3 Å². The van der Waals surface area contributed by atoms with E-state index in [0.717, 1.165) is 5.69 Å². The van der Waals surface area contributed by atoms with Gasteiger partial charge in [-0.05, 0) is 0 Å². The van der Waals surface area contributed by atoms with Crippen molar-refractivity contribution in [2.24, 2.45) is 0 Å². The number of aromatic nitrogens is 3. The molecule has 0 aromatic carbocycles. The van der Waals surface area contributed by atoms with Crippen molar-refractivity contribution in [3.63, 3.8) is 0 Å². The quantitative estimate of drug-likeness (QED) is 0.721. The van der Waals surface area contributed by atoms with Crippen molar-refractivity contribution in [1.82, 2.24) is 19.5 Å². The van der Waals surface area contributed by atoms with Crippen LogP contribution < -0.4 is 4.72 Å². The average molecular weight is 330 g/mol. The van der Waals surface area contributed by atoms with Crippen molar-refractivity contribution in [3.8, 4) is 0 Å². The van der Waals surface area contributed by atoms with Crippen LogP contribution in [0.3, 0.4) is 0 Å². The average Bonchev–Trinajstić information content (AvgIpc) is 3.07. The molecule has 0 radical (unpaired) electrons. The Morgan fingerprint density at radius 3 is 2.95 bits per heavy atom. The number of carboxylic acid groups (broad SMARTS) is 1. The first-order valence-corrected chi connectivity index (χ1v) is 8.51.